The number of fused-ring (bicyclic) bond motifs is 1. The SMILES string of the molecule is COCCC(=O)N[C@H]1C(C)(C)[C@@H]2C[C@@H]3[C@@H](c4cc(Cl)ccc4O)OCC[C@@]31C2. The number of halogens is 1. The van der Waals surface area contributed by atoms with Crippen LogP contribution in [0.2, 0.25) is 5.02 Å². The Hall–Kier alpha value is -1.30. The van der Waals surface area contributed by atoms with Gasteiger partial charge in [0.15, 0.2) is 0 Å². The molecule has 2 bridgehead atoms. The lowest BCUT2D eigenvalue weighted by molar-refractivity contribution is -0.138. The number of phenols is 1. The van der Waals surface area contributed by atoms with Crippen molar-refractivity contribution < 1.29 is 19.4 Å². The molecule has 0 unspecified atom stereocenters. The van der Waals surface area contributed by atoms with Crippen molar-refractivity contribution in [1.29, 1.82) is 0 Å². The number of nitrogens with one attached hydrogen (secondary N) is 1. The maximum atomic E-state index is 12.6. The van der Waals surface area contributed by atoms with Crippen molar-refractivity contribution in [2.45, 2.75) is 51.7 Å². The molecule has 5 nitrogen and oxygen atoms in total. The van der Waals surface area contributed by atoms with Gasteiger partial charge < -0.3 is 19.9 Å². The summed E-state index contributed by atoms with van der Waals surface area (Å²) in [5, 5.41) is 14.4. The molecule has 4 rings (SSSR count). The van der Waals surface area contributed by atoms with E-state index in [1.165, 1.54) is 0 Å². The number of carbonyl (C=O) groups excluding carboxylic acids is 1. The molecule has 5 atom stereocenters. The molecule has 3 aliphatic rings. The smallest absolute Gasteiger partial charge is 0.222 e. The first kappa shape index (κ1) is 20.0. The first-order valence-electron chi connectivity index (χ1n) is 10.2. The quantitative estimate of drug-likeness (QED) is 0.771. The van der Waals surface area contributed by atoms with Crippen LogP contribution in [0.15, 0.2) is 18.2 Å². The van der Waals surface area contributed by atoms with Gasteiger partial charge in [0.1, 0.15) is 5.75 Å². The Kier molecular flexibility index (Phi) is 5.13. The lowest BCUT2D eigenvalue weighted by atomic mass is 9.58. The summed E-state index contributed by atoms with van der Waals surface area (Å²) in [6, 6.07) is 5.26. The molecule has 1 heterocycles. The molecule has 1 aliphatic heterocycles. The monoisotopic (exact) mass is 407 g/mol. The summed E-state index contributed by atoms with van der Waals surface area (Å²) in [5.41, 5.74) is 0.804. The molecule has 154 valence electrons. The van der Waals surface area contributed by atoms with Gasteiger partial charge in [0.2, 0.25) is 5.91 Å². The molecule has 1 aromatic rings. The van der Waals surface area contributed by atoms with Crippen LogP contribution in [0, 0.1) is 22.7 Å². The van der Waals surface area contributed by atoms with Crippen molar-refractivity contribution in [3.63, 3.8) is 0 Å². The zero-order chi connectivity index (χ0) is 20.1. The van der Waals surface area contributed by atoms with Gasteiger partial charge in [0.25, 0.3) is 0 Å². The molecule has 1 amide bonds. The molecular weight excluding hydrogens is 378 g/mol. The predicted octanol–water partition coefficient (Wildman–Crippen LogP) is 4.08. The van der Waals surface area contributed by atoms with Crippen molar-refractivity contribution in [1.82, 2.24) is 5.32 Å². The minimum atomic E-state index is -0.188. The summed E-state index contributed by atoms with van der Waals surface area (Å²) in [7, 11) is 1.62. The molecule has 3 fully saturated rings. The van der Waals surface area contributed by atoms with Crippen LogP contribution in [0.4, 0.5) is 0 Å². The van der Waals surface area contributed by atoms with Gasteiger partial charge in [-0.25, -0.2) is 0 Å². The third-order valence-electron chi connectivity index (χ3n) is 7.64. The van der Waals surface area contributed by atoms with Crippen LogP contribution in [0.3, 0.4) is 0 Å². The lowest BCUT2D eigenvalue weighted by Crippen LogP contribution is -2.59. The normalized spacial score (nSPS) is 35.6. The van der Waals surface area contributed by atoms with Gasteiger partial charge in [-0.15, -0.1) is 0 Å². The number of methoxy groups -OCH3 is 1. The van der Waals surface area contributed by atoms with Gasteiger partial charge in [-0.1, -0.05) is 25.4 Å². The second kappa shape index (κ2) is 7.19. The van der Waals surface area contributed by atoms with E-state index in [-0.39, 0.29) is 40.6 Å². The van der Waals surface area contributed by atoms with E-state index in [0.717, 1.165) is 24.8 Å². The van der Waals surface area contributed by atoms with Gasteiger partial charge in [0.05, 0.1) is 12.7 Å². The van der Waals surface area contributed by atoms with Crippen LogP contribution in [-0.4, -0.2) is 37.4 Å². The molecule has 1 saturated heterocycles. The average molecular weight is 408 g/mol. The molecule has 1 aromatic carbocycles. The highest BCUT2D eigenvalue weighted by Crippen LogP contribution is 2.70. The number of amides is 1. The lowest BCUT2D eigenvalue weighted by Gasteiger charge is -2.53. The largest absolute Gasteiger partial charge is 0.508 e. The minimum Gasteiger partial charge on any atom is -0.508 e. The highest BCUT2D eigenvalue weighted by molar-refractivity contribution is 6.30. The van der Waals surface area contributed by atoms with Crippen LogP contribution < -0.4 is 5.32 Å². The van der Waals surface area contributed by atoms with E-state index in [4.69, 9.17) is 21.1 Å². The summed E-state index contributed by atoms with van der Waals surface area (Å²) < 4.78 is 11.3. The summed E-state index contributed by atoms with van der Waals surface area (Å²) in [4.78, 5) is 12.6. The standard InChI is InChI=1S/C22H30ClNO4/c1-21(2)13-10-16-19(15-11-14(23)4-5-17(15)25)28-9-7-22(16,12-13)20(21)24-18(26)6-8-27-3/h4-5,11,13,16,19-20,25H,6-10,12H2,1-3H3,(H,24,26)/t13-,16-,19-,20+,22-/m1/s1. The number of benzene rings is 1. The number of rotatable bonds is 5. The maximum Gasteiger partial charge on any atom is 0.222 e. The Morgan fingerprint density at radius 1 is 1.43 bits per heavy atom. The number of hydrogen-bond donors (Lipinski definition) is 2. The summed E-state index contributed by atoms with van der Waals surface area (Å²) in [5.74, 6) is 1.07. The van der Waals surface area contributed by atoms with E-state index in [9.17, 15) is 9.90 Å². The van der Waals surface area contributed by atoms with Gasteiger partial charge >= 0.3 is 0 Å². The van der Waals surface area contributed by atoms with Gasteiger partial charge in [-0.05, 0) is 60.1 Å². The van der Waals surface area contributed by atoms with Crippen molar-refractivity contribution in [2.24, 2.45) is 22.7 Å². The summed E-state index contributed by atoms with van der Waals surface area (Å²) in [6.07, 6.45) is 3.27. The van der Waals surface area contributed by atoms with Gasteiger partial charge in [-0.2, -0.15) is 0 Å². The summed E-state index contributed by atoms with van der Waals surface area (Å²) >= 11 is 6.21. The van der Waals surface area contributed by atoms with Gasteiger partial charge in [-0.3, -0.25) is 4.79 Å². The Morgan fingerprint density at radius 2 is 2.21 bits per heavy atom. The Bertz CT molecular complexity index is 767. The van der Waals surface area contributed by atoms with E-state index in [1.807, 2.05) is 6.07 Å². The van der Waals surface area contributed by atoms with Gasteiger partial charge in [0, 0.05) is 36.8 Å². The summed E-state index contributed by atoms with van der Waals surface area (Å²) in [6.45, 7) is 5.62. The zero-order valence-electron chi connectivity index (χ0n) is 16.8. The molecular formula is C22H30ClNO4. The average Bonchev–Trinajstić information content (AvgIpc) is 3.14. The molecule has 1 spiro atoms. The van der Waals surface area contributed by atoms with Crippen LogP contribution in [0.25, 0.3) is 0 Å². The molecule has 2 N–H and O–H groups in total. The van der Waals surface area contributed by atoms with E-state index in [0.29, 0.717) is 30.6 Å². The Labute approximate surface area is 171 Å². The van der Waals surface area contributed by atoms with Crippen LogP contribution in [0.5, 0.6) is 5.75 Å². The van der Waals surface area contributed by atoms with Crippen LogP contribution in [-0.2, 0) is 14.3 Å². The van der Waals surface area contributed by atoms with Crippen molar-refractivity contribution in [3.8, 4) is 5.75 Å². The molecule has 6 heteroatoms. The first-order chi connectivity index (χ1) is 13.3. The molecule has 0 aromatic heterocycles. The highest BCUT2D eigenvalue weighted by atomic mass is 35.5. The van der Waals surface area contributed by atoms with Crippen LogP contribution >= 0.6 is 11.6 Å². The fourth-order valence-corrected chi connectivity index (χ4v) is 6.46. The third-order valence-corrected chi connectivity index (χ3v) is 7.87. The maximum absolute atomic E-state index is 12.6. The topological polar surface area (TPSA) is 67.8 Å². The minimum absolute atomic E-state index is 0.00538. The number of ether oxygens (including phenoxy) is 2. The Morgan fingerprint density at radius 3 is 2.96 bits per heavy atom. The van der Waals surface area contributed by atoms with E-state index >= 15 is 0 Å². The van der Waals surface area contributed by atoms with Crippen LogP contribution in [0.1, 0.15) is 51.2 Å². The molecule has 2 aliphatic carbocycles. The first-order valence-corrected chi connectivity index (χ1v) is 10.6. The highest BCUT2D eigenvalue weighted by Gasteiger charge is 2.68. The fraction of sp³-hybridized carbons (Fsp3) is 0.682. The van der Waals surface area contributed by atoms with Crippen molar-refractivity contribution in [3.05, 3.63) is 28.8 Å². The Balaban J connectivity index is 1.66. The molecule has 28 heavy (non-hydrogen) atoms. The number of phenolic OH excluding ortho intramolecular Hbond substituents is 1. The number of aromatic hydroxyl groups is 1. The number of carbonyl (C=O) groups is 1. The zero-order valence-corrected chi connectivity index (χ0v) is 17.6. The van der Waals surface area contributed by atoms with E-state index in [1.54, 1.807) is 19.2 Å². The number of hydrogen-bond acceptors (Lipinski definition) is 4. The fourth-order valence-electron chi connectivity index (χ4n) is 6.28. The van der Waals surface area contributed by atoms with E-state index < -0.39 is 0 Å². The molecule has 0 radical (unpaired) electrons. The van der Waals surface area contributed by atoms with E-state index in [2.05, 4.69) is 19.2 Å². The second-order valence-corrected chi connectivity index (χ2v) is 9.72. The second-order valence-electron chi connectivity index (χ2n) is 9.29. The van der Waals surface area contributed by atoms with Crippen molar-refractivity contribution in [2.75, 3.05) is 20.3 Å². The van der Waals surface area contributed by atoms with Crippen molar-refractivity contribution >= 4 is 17.5 Å². The molecule has 2 saturated carbocycles. The predicted molar refractivity (Wildman–Crippen MR) is 107 cm³/mol. The third kappa shape index (κ3) is 3.03.